The molecule has 0 aliphatic carbocycles. The second kappa shape index (κ2) is 6.74. The first kappa shape index (κ1) is 13.3. The van der Waals surface area contributed by atoms with Crippen molar-refractivity contribution in [2.75, 3.05) is 13.7 Å². The van der Waals surface area contributed by atoms with Crippen LogP contribution >= 0.6 is 39.1 Å². The third-order valence-electron chi connectivity index (χ3n) is 2.11. The van der Waals surface area contributed by atoms with Gasteiger partial charge in [-0.3, -0.25) is 0 Å². The zero-order valence-corrected chi connectivity index (χ0v) is 11.6. The minimum atomic E-state index is 0.359. The van der Waals surface area contributed by atoms with Crippen molar-refractivity contribution in [1.29, 1.82) is 0 Å². The smallest absolute Gasteiger partial charge is 0.0624 e. The number of methoxy groups -OCH3 is 1. The van der Waals surface area contributed by atoms with E-state index in [0.29, 0.717) is 21.5 Å². The molecule has 1 unspecified atom stereocenters. The summed E-state index contributed by atoms with van der Waals surface area (Å²) in [6, 6.07) is 5.72. The maximum Gasteiger partial charge on any atom is 0.0624 e. The summed E-state index contributed by atoms with van der Waals surface area (Å²) in [5.41, 5.74) is 1.09. The van der Waals surface area contributed by atoms with E-state index in [0.717, 1.165) is 18.4 Å². The van der Waals surface area contributed by atoms with Crippen LogP contribution in [0, 0.1) is 0 Å². The van der Waals surface area contributed by atoms with E-state index in [1.165, 1.54) is 0 Å². The molecular formula is C11H13BrCl2O. The van der Waals surface area contributed by atoms with Gasteiger partial charge in [0.05, 0.1) is 16.7 Å². The van der Waals surface area contributed by atoms with Crippen LogP contribution in [0.25, 0.3) is 0 Å². The van der Waals surface area contributed by atoms with Crippen molar-refractivity contribution in [1.82, 2.24) is 0 Å². The number of alkyl halides is 1. The van der Waals surface area contributed by atoms with E-state index in [2.05, 4.69) is 15.9 Å². The van der Waals surface area contributed by atoms with Crippen molar-refractivity contribution in [2.45, 2.75) is 17.7 Å². The normalized spacial score (nSPS) is 12.8. The van der Waals surface area contributed by atoms with Crippen LogP contribution in [0.15, 0.2) is 18.2 Å². The third-order valence-corrected chi connectivity index (χ3v) is 3.69. The highest BCUT2D eigenvalue weighted by Gasteiger charge is 2.07. The molecule has 1 aromatic rings. The molecule has 84 valence electrons. The number of aryl methyl sites for hydroxylation is 1. The van der Waals surface area contributed by atoms with Crippen LogP contribution in [0.4, 0.5) is 0 Å². The van der Waals surface area contributed by atoms with Gasteiger partial charge >= 0.3 is 0 Å². The highest BCUT2D eigenvalue weighted by atomic mass is 79.9. The fraction of sp³-hybridized carbons (Fsp3) is 0.455. The maximum atomic E-state index is 6.08. The summed E-state index contributed by atoms with van der Waals surface area (Å²) in [6.45, 7) is 0.707. The summed E-state index contributed by atoms with van der Waals surface area (Å²) in [4.78, 5) is 0.359. The van der Waals surface area contributed by atoms with E-state index in [1.807, 2.05) is 12.1 Å². The summed E-state index contributed by atoms with van der Waals surface area (Å²) < 4.78 is 5.04. The Morgan fingerprint density at radius 3 is 2.80 bits per heavy atom. The Kier molecular flexibility index (Phi) is 5.98. The van der Waals surface area contributed by atoms with Gasteiger partial charge < -0.3 is 4.74 Å². The second-order valence-corrected chi connectivity index (χ2v) is 5.38. The van der Waals surface area contributed by atoms with Gasteiger partial charge in [-0.1, -0.05) is 51.3 Å². The standard InChI is InChI=1S/C11H13BrCl2O/c1-15-7-9(12)6-5-8-3-2-4-10(13)11(8)14/h2-4,9H,5-7H2,1H3. The lowest BCUT2D eigenvalue weighted by molar-refractivity contribution is 0.198. The first-order valence-electron chi connectivity index (χ1n) is 4.71. The summed E-state index contributed by atoms with van der Waals surface area (Å²) in [6.07, 6.45) is 1.88. The molecule has 0 aliphatic rings. The quantitative estimate of drug-likeness (QED) is 0.735. The predicted octanol–water partition coefficient (Wildman–Crippen LogP) is 4.34. The lowest BCUT2D eigenvalue weighted by atomic mass is 10.1. The zero-order valence-electron chi connectivity index (χ0n) is 8.47. The lowest BCUT2D eigenvalue weighted by Crippen LogP contribution is -2.07. The van der Waals surface area contributed by atoms with Crippen molar-refractivity contribution in [3.8, 4) is 0 Å². The summed E-state index contributed by atoms with van der Waals surface area (Å²) >= 11 is 15.5. The molecule has 0 spiro atoms. The van der Waals surface area contributed by atoms with E-state index in [9.17, 15) is 0 Å². The average molecular weight is 312 g/mol. The van der Waals surface area contributed by atoms with Crippen molar-refractivity contribution >= 4 is 39.1 Å². The molecule has 15 heavy (non-hydrogen) atoms. The van der Waals surface area contributed by atoms with E-state index in [-0.39, 0.29) is 0 Å². The average Bonchev–Trinajstić information content (AvgIpc) is 2.21. The Balaban J connectivity index is 2.54. The second-order valence-electron chi connectivity index (χ2n) is 3.30. The molecule has 1 atom stereocenters. The zero-order chi connectivity index (χ0) is 11.3. The molecule has 0 amide bonds. The highest BCUT2D eigenvalue weighted by molar-refractivity contribution is 9.09. The van der Waals surface area contributed by atoms with Crippen LogP contribution in [0.3, 0.4) is 0 Å². The molecule has 1 nitrogen and oxygen atoms in total. The van der Waals surface area contributed by atoms with Gasteiger partial charge in [0.25, 0.3) is 0 Å². The van der Waals surface area contributed by atoms with Gasteiger partial charge in [0, 0.05) is 11.9 Å². The number of hydrogen-bond donors (Lipinski definition) is 0. The van der Waals surface area contributed by atoms with Gasteiger partial charge in [0.15, 0.2) is 0 Å². The molecular weight excluding hydrogens is 299 g/mol. The Morgan fingerprint density at radius 2 is 2.13 bits per heavy atom. The molecule has 4 heteroatoms. The van der Waals surface area contributed by atoms with Gasteiger partial charge in [-0.25, -0.2) is 0 Å². The first-order valence-corrected chi connectivity index (χ1v) is 6.38. The summed E-state index contributed by atoms with van der Waals surface area (Å²) in [5.74, 6) is 0. The number of hydrogen-bond acceptors (Lipinski definition) is 1. The van der Waals surface area contributed by atoms with E-state index in [1.54, 1.807) is 13.2 Å². The number of benzene rings is 1. The fourth-order valence-electron chi connectivity index (χ4n) is 1.32. The SMILES string of the molecule is COCC(Br)CCc1cccc(Cl)c1Cl. The van der Waals surface area contributed by atoms with Gasteiger partial charge in [0.1, 0.15) is 0 Å². The van der Waals surface area contributed by atoms with Gasteiger partial charge in [-0.05, 0) is 24.5 Å². The molecule has 0 saturated heterocycles. The Bertz CT molecular complexity index is 317. The molecule has 0 saturated carbocycles. The van der Waals surface area contributed by atoms with Gasteiger partial charge in [-0.2, -0.15) is 0 Å². The van der Waals surface area contributed by atoms with Crippen LogP contribution < -0.4 is 0 Å². The molecule has 0 bridgehead atoms. The molecule has 1 rings (SSSR count). The van der Waals surface area contributed by atoms with E-state index < -0.39 is 0 Å². The van der Waals surface area contributed by atoms with Crippen LogP contribution in [-0.4, -0.2) is 18.5 Å². The monoisotopic (exact) mass is 310 g/mol. The van der Waals surface area contributed by atoms with Crippen molar-refractivity contribution < 1.29 is 4.74 Å². The number of rotatable bonds is 5. The van der Waals surface area contributed by atoms with Crippen molar-refractivity contribution in [3.05, 3.63) is 33.8 Å². The molecule has 0 aromatic heterocycles. The van der Waals surface area contributed by atoms with Crippen LogP contribution in [0.2, 0.25) is 10.0 Å². The highest BCUT2D eigenvalue weighted by Crippen LogP contribution is 2.27. The van der Waals surface area contributed by atoms with Gasteiger partial charge in [-0.15, -0.1) is 0 Å². The number of ether oxygens (including phenoxy) is 1. The summed E-state index contributed by atoms with van der Waals surface area (Å²) in [7, 11) is 1.70. The molecule has 0 N–H and O–H groups in total. The van der Waals surface area contributed by atoms with Crippen LogP contribution in [-0.2, 0) is 11.2 Å². The molecule has 0 radical (unpaired) electrons. The summed E-state index contributed by atoms with van der Waals surface area (Å²) in [5, 5.41) is 1.28. The minimum Gasteiger partial charge on any atom is -0.384 e. The Labute approximate surface area is 109 Å². The maximum absolute atomic E-state index is 6.08. The fourth-order valence-corrected chi connectivity index (χ4v) is 2.23. The number of halogens is 3. The molecule has 0 heterocycles. The lowest BCUT2D eigenvalue weighted by Gasteiger charge is -2.09. The Morgan fingerprint density at radius 1 is 1.40 bits per heavy atom. The first-order chi connectivity index (χ1) is 7.15. The molecule has 0 fully saturated rings. The Hall–Kier alpha value is 0.240. The van der Waals surface area contributed by atoms with E-state index in [4.69, 9.17) is 27.9 Å². The largest absolute Gasteiger partial charge is 0.384 e. The topological polar surface area (TPSA) is 9.23 Å². The minimum absolute atomic E-state index is 0.359. The molecule has 1 aromatic carbocycles. The van der Waals surface area contributed by atoms with Crippen molar-refractivity contribution in [2.24, 2.45) is 0 Å². The van der Waals surface area contributed by atoms with E-state index >= 15 is 0 Å². The van der Waals surface area contributed by atoms with Crippen LogP contribution in [0.1, 0.15) is 12.0 Å². The van der Waals surface area contributed by atoms with Crippen LogP contribution in [0.5, 0.6) is 0 Å². The predicted molar refractivity (Wildman–Crippen MR) is 69.4 cm³/mol. The van der Waals surface area contributed by atoms with Gasteiger partial charge in [0.2, 0.25) is 0 Å². The third kappa shape index (κ3) is 4.31. The van der Waals surface area contributed by atoms with Crippen molar-refractivity contribution in [3.63, 3.8) is 0 Å². The molecule has 0 aliphatic heterocycles.